The van der Waals surface area contributed by atoms with Crippen LogP contribution in [0.5, 0.6) is 0 Å². The van der Waals surface area contributed by atoms with Crippen molar-refractivity contribution in [1.29, 1.82) is 0 Å². The Morgan fingerprint density at radius 3 is 2.56 bits per heavy atom. The summed E-state index contributed by atoms with van der Waals surface area (Å²) in [4.78, 5) is 6.48. The van der Waals surface area contributed by atoms with Gasteiger partial charge in [-0.05, 0) is 6.07 Å². The number of furan rings is 1. The summed E-state index contributed by atoms with van der Waals surface area (Å²) in [6.07, 6.45) is -2.01. The van der Waals surface area contributed by atoms with Gasteiger partial charge in [0.2, 0.25) is 5.82 Å². The van der Waals surface area contributed by atoms with Crippen molar-refractivity contribution in [1.82, 2.24) is 9.97 Å². The molecule has 0 aliphatic heterocycles. The van der Waals surface area contributed by atoms with E-state index in [0.29, 0.717) is 5.56 Å². The summed E-state index contributed by atoms with van der Waals surface area (Å²) in [5.41, 5.74) is 0.482. The molecule has 0 spiro atoms. The SMILES string of the molecule is FC(F)(F)c1nc(Cl)cc(-c2ccoc2)n1. The van der Waals surface area contributed by atoms with E-state index >= 15 is 0 Å². The Hall–Kier alpha value is -1.56. The van der Waals surface area contributed by atoms with Crippen LogP contribution >= 0.6 is 11.6 Å². The zero-order valence-corrected chi connectivity index (χ0v) is 8.38. The maximum atomic E-state index is 12.4. The molecule has 0 aliphatic rings. The molecule has 2 aromatic rings. The Kier molecular flexibility index (Phi) is 2.59. The van der Waals surface area contributed by atoms with Gasteiger partial charge in [0.25, 0.3) is 0 Å². The van der Waals surface area contributed by atoms with Gasteiger partial charge in [0.15, 0.2) is 0 Å². The number of hydrogen-bond donors (Lipinski definition) is 0. The second-order valence-electron chi connectivity index (χ2n) is 2.91. The quantitative estimate of drug-likeness (QED) is 0.726. The second-order valence-corrected chi connectivity index (χ2v) is 3.30. The minimum Gasteiger partial charge on any atom is -0.472 e. The highest BCUT2D eigenvalue weighted by Crippen LogP contribution is 2.29. The van der Waals surface area contributed by atoms with Crippen molar-refractivity contribution >= 4 is 11.6 Å². The highest BCUT2D eigenvalue weighted by molar-refractivity contribution is 6.29. The topological polar surface area (TPSA) is 38.9 Å². The van der Waals surface area contributed by atoms with Crippen LogP contribution < -0.4 is 0 Å². The van der Waals surface area contributed by atoms with Gasteiger partial charge in [-0.2, -0.15) is 13.2 Å². The average Bonchev–Trinajstić information content (AvgIpc) is 2.68. The molecule has 0 fully saturated rings. The smallest absolute Gasteiger partial charge is 0.451 e. The monoisotopic (exact) mass is 248 g/mol. The third-order valence-electron chi connectivity index (χ3n) is 1.77. The van der Waals surface area contributed by atoms with Crippen LogP contribution in [0, 0.1) is 0 Å². The Labute approximate surface area is 92.9 Å². The van der Waals surface area contributed by atoms with Gasteiger partial charge in [0.1, 0.15) is 5.15 Å². The van der Waals surface area contributed by atoms with Crippen molar-refractivity contribution in [2.45, 2.75) is 6.18 Å². The molecule has 16 heavy (non-hydrogen) atoms. The van der Waals surface area contributed by atoms with Gasteiger partial charge in [0, 0.05) is 11.6 Å². The summed E-state index contributed by atoms with van der Waals surface area (Å²) in [5.74, 6) is -1.27. The van der Waals surface area contributed by atoms with E-state index in [0.717, 1.165) is 0 Å². The van der Waals surface area contributed by atoms with Gasteiger partial charge < -0.3 is 4.42 Å². The Balaban J connectivity index is 2.53. The van der Waals surface area contributed by atoms with E-state index in [1.54, 1.807) is 0 Å². The van der Waals surface area contributed by atoms with Gasteiger partial charge in [0.05, 0.1) is 18.2 Å². The van der Waals surface area contributed by atoms with E-state index < -0.39 is 12.0 Å². The van der Waals surface area contributed by atoms with Crippen LogP contribution in [0.2, 0.25) is 5.15 Å². The van der Waals surface area contributed by atoms with E-state index in [9.17, 15) is 13.2 Å². The number of aromatic nitrogens is 2. The summed E-state index contributed by atoms with van der Waals surface area (Å²) >= 11 is 5.49. The first-order valence-electron chi connectivity index (χ1n) is 4.11. The van der Waals surface area contributed by atoms with E-state index in [1.165, 1.54) is 24.7 Å². The van der Waals surface area contributed by atoms with Crippen LogP contribution in [0.4, 0.5) is 13.2 Å². The van der Waals surface area contributed by atoms with Gasteiger partial charge in [-0.25, -0.2) is 9.97 Å². The number of alkyl halides is 3. The standard InChI is InChI=1S/C9H4ClF3N2O/c10-7-3-6(5-1-2-16-4-5)14-8(15-7)9(11,12)13/h1-4H. The first kappa shape index (κ1) is 10.9. The lowest BCUT2D eigenvalue weighted by Crippen LogP contribution is -2.11. The normalized spacial score (nSPS) is 11.8. The molecular formula is C9H4ClF3N2O. The first-order valence-corrected chi connectivity index (χ1v) is 4.49. The molecule has 0 aromatic carbocycles. The zero-order valence-electron chi connectivity index (χ0n) is 7.62. The number of rotatable bonds is 1. The zero-order chi connectivity index (χ0) is 11.8. The van der Waals surface area contributed by atoms with Crippen molar-refractivity contribution in [2.75, 3.05) is 0 Å². The van der Waals surface area contributed by atoms with Crippen LogP contribution in [0.3, 0.4) is 0 Å². The van der Waals surface area contributed by atoms with Gasteiger partial charge in [-0.1, -0.05) is 11.6 Å². The number of hydrogen-bond acceptors (Lipinski definition) is 3. The average molecular weight is 249 g/mol. The predicted octanol–water partition coefficient (Wildman–Crippen LogP) is 3.41. The highest BCUT2D eigenvalue weighted by Gasteiger charge is 2.35. The van der Waals surface area contributed by atoms with Crippen LogP contribution in [-0.2, 0) is 6.18 Å². The van der Waals surface area contributed by atoms with Gasteiger partial charge >= 0.3 is 6.18 Å². The Bertz CT molecular complexity index is 496. The highest BCUT2D eigenvalue weighted by atomic mass is 35.5. The van der Waals surface area contributed by atoms with E-state index in [2.05, 4.69) is 9.97 Å². The first-order chi connectivity index (χ1) is 7.47. The number of halogens is 4. The molecule has 0 saturated carbocycles. The van der Waals surface area contributed by atoms with Crippen LogP contribution in [0.25, 0.3) is 11.3 Å². The summed E-state index contributed by atoms with van der Waals surface area (Å²) in [7, 11) is 0. The maximum Gasteiger partial charge on any atom is 0.451 e. The van der Waals surface area contributed by atoms with E-state index in [4.69, 9.17) is 16.0 Å². The molecule has 0 N–H and O–H groups in total. The molecule has 3 nitrogen and oxygen atoms in total. The third kappa shape index (κ3) is 2.16. The summed E-state index contributed by atoms with van der Waals surface area (Å²) in [6.45, 7) is 0. The van der Waals surface area contributed by atoms with Gasteiger partial charge in [-0.15, -0.1) is 0 Å². The van der Waals surface area contributed by atoms with Crippen LogP contribution in [0.15, 0.2) is 29.1 Å². The molecule has 0 amide bonds. The minimum atomic E-state index is -4.62. The summed E-state index contributed by atoms with van der Waals surface area (Å²) in [5, 5.41) is -0.265. The molecule has 0 bridgehead atoms. The Morgan fingerprint density at radius 2 is 2.00 bits per heavy atom. The summed E-state index contributed by atoms with van der Waals surface area (Å²) in [6, 6.07) is 2.72. The molecule has 7 heteroatoms. The summed E-state index contributed by atoms with van der Waals surface area (Å²) < 4.78 is 41.9. The lowest BCUT2D eigenvalue weighted by atomic mass is 10.2. The second kappa shape index (κ2) is 3.79. The van der Waals surface area contributed by atoms with Crippen molar-refractivity contribution in [3.05, 3.63) is 35.6 Å². The molecule has 0 atom stereocenters. The van der Waals surface area contributed by atoms with E-state index in [-0.39, 0.29) is 10.8 Å². The fourth-order valence-corrected chi connectivity index (χ4v) is 1.29. The van der Waals surface area contributed by atoms with Crippen molar-refractivity contribution < 1.29 is 17.6 Å². The van der Waals surface area contributed by atoms with Gasteiger partial charge in [-0.3, -0.25) is 0 Å². The molecule has 0 unspecified atom stereocenters. The number of nitrogens with zero attached hydrogens (tertiary/aromatic N) is 2. The largest absolute Gasteiger partial charge is 0.472 e. The molecule has 2 rings (SSSR count). The van der Waals surface area contributed by atoms with E-state index in [1.807, 2.05) is 0 Å². The van der Waals surface area contributed by atoms with Crippen molar-refractivity contribution in [3.8, 4) is 11.3 Å². The fraction of sp³-hybridized carbons (Fsp3) is 0.111. The predicted molar refractivity (Wildman–Crippen MR) is 49.7 cm³/mol. The molecule has 0 saturated heterocycles. The molecular weight excluding hydrogens is 245 g/mol. The lowest BCUT2D eigenvalue weighted by Gasteiger charge is -2.06. The fourth-order valence-electron chi connectivity index (χ4n) is 1.10. The third-order valence-corrected chi connectivity index (χ3v) is 1.96. The van der Waals surface area contributed by atoms with Crippen molar-refractivity contribution in [3.63, 3.8) is 0 Å². The molecule has 2 aromatic heterocycles. The molecule has 0 aliphatic carbocycles. The van der Waals surface area contributed by atoms with Crippen molar-refractivity contribution in [2.24, 2.45) is 0 Å². The molecule has 0 radical (unpaired) electrons. The molecule has 84 valence electrons. The Morgan fingerprint density at radius 1 is 1.25 bits per heavy atom. The minimum absolute atomic E-state index is 0.0704. The molecule has 2 heterocycles. The van der Waals surface area contributed by atoms with Crippen LogP contribution in [0.1, 0.15) is 5.82 Å². The lowest BCUT2D eigenvalue weighted by molar-refractivity contribution is -0.144. The van der Waals surface area contributed by atoms with Crippen LogP contribution in [-0.4, -0.2) is 9.97 Å². The maximum absolute atomic E-state index is 12.4.